The third kappa shape index (κ3) is 2.72. The van der Waals surface area contributed by atoms with Crippen molar-refractivity contribution >= 4 is 64.3 Å². The molecule has 0 radical (unpaired) electrons. The Morgan fingerprint density at radius 2 is 0.593 bits per heavy atom. The van der Waals surface area contributed by atoms with E-state index in [9.17, 15) is 0 Å². The summed E-state index contributed by atoms with van der Waals surface area (Å²) in [6, 6.07) is 0. The van der Waals surface area contributed by atoms with Crippen LogP contribution in [-0.4, -0.2) is 64.3 Å². The smallest absolute Gasteiger partial charge is 0.204 e. The predicted octanol–water partition coefficient (Wildman–Crippen LogP) is 6.92. The molecule has 1 aliphatic heterocycles. The van der Waals surface area contributed by atoms with Crippen molar-refractivity contribution in [2.45, 2.75) is 111 Å². The molecule has 1 aliphatic rings. The van der Waals surface area contributed by atoms with Crippen molar-refractivity contribution in [1.82, 2.24) is 0 Å². The molecule has 162 valence electrons. The third-order valence-electron chi connectivity index (χ3n) is 11.5. The van der Waals surface area contributed by atoms with E-state index in [-0.39, 0.29) is 0 Å². The molecule has 0 bridgehead atoms. The molecule has 0 spiro atoms. The Kier molecular flexibility index (Phi) is 6.43. The van der Waals surface area contributed by atoms with Gasteiger partial charge in [0.25, 0.3) is 0 Å². The average Bonchev–Trinajstić information content (AvgIpc) is 2.40. The van der Waals surface area contributed by atoms with Crippen LogP contribution in [0, 0.1) is 0 Å². The molecule has 0 aromatic heterocycles. The molecule has 1 rings (SSSR count). The lowest BCUT2D eigenvalue weighted by molar-refractivity contribution is 0.859. The molecule has 0 nitrogen and oxygen atoms in total. The van der Waals surface area contributed by atoms with Gasteiger partial charge in [0.2, 0.25) is 6.96 Å². The van der Waals surface area contributed by atoms with Crippen LogP contribution in [-0.2, 0) is 0 Å². The first-order chi connectivity index (χ1) is 11.2. The monoisotopic (exact) mass is 526 g/mol. The van der Waals surface area contributed by atoms with Crippen molar-refractivity contribution in [2.24, 2.45) is 0 Å². The molecule has 0 aliphatic carbocycles. The zero-order valence-corrected chi connectivity index (χ0v) is 30.9. The van der Waals surface area contributed by atoms with Gasteiger partial charge in [0.1, 0.15) is 0 Å². The summed E-state index contributed by atoms with van der Waals surface area (Å²) >= 11 is 0. The van der Waals surface area contributed by atoms with Gasteiger partial charge in [0.05, 0.1) is 21.8 Å². The van der Waals surface area contributed by atoms with Gasteiger partial charge < -0.3 is 4.11 Å². The second-order valence-electron chi connectivity index (χ2n) is 14.4. The lowest BCUT2D eigenvalue weighted by atomic mass is 11.8. The van der Waals surface area contributed by atoms with E-state index >= 15 is 4.11 Å². The molecule has 1 fully saturated rings. The highest BCUT2D eigenvalue weighted by Crippen LogP contribution is 2.57. The van der Waals surface area contributed by atoms with Crippen molar-refractivity contribution in [1.29, 1.82) is 0 Å². The van der Waals surface area contributed by atoms with E-state index in [0.717, 1.165) is 0 Å². The largest absolute Gasteiger partial charge is 0.326 e. The molecule has 0 aromatic carbocycles. The second-order valence-corrected chi connectivity index (χ2v) is 121. The minimum atomic E-state index is -2.76. The predicted molar refractivity (Wildman–Crippen MR) is 153 cm³/mol. The summed E-state index contributed by atoms with van der Waals surface area (Å²) in [7, 11) is -10.9. The van der Waals surface area contributed by atoms with Gasteiger partial charge in [0.15, 0.2) is 0 Å². The van der Waals surface area contributed by atoms with Gasteiger partial charge >= 0.3 is 0 Å². The van der Waals surface area contributed by atoms with Crippen molar-refractivity contribution < 1.29 is 4.11 Å². The van der Waals surface area contributed by atoms with Crippen LogP contribution in [0.5, 0.6) is 0 Å². The fourth-order valence-electron chi connectivity index (χ4n) is 7.86. The first-order valence-electron chi connectivity index (χ1n) is 10.9. The van der Waals surface area contributed by atoms with Crippen LogP contribution in [0.4, 0.5) is 4.11 Å². The van der Waals surface area contributed by atoms with Crippen molar-refractivity contribution in [3.05, 3.63) is 0 Å². The number of hydrogen-bond donors (Lipinski definition) is 0. The normalized spacial score (nSPS) is 28.7. The van der Waals surface area contributed by atoms with Crippen LogP contribution in [0.2, 0.25) is 111 Å². The summed E-state index contributed by atoms with van der Waals surface area (Å²) in [5.41, 5.74) is 0. The molecule has 1 heterocycles. The van der Waals surface area contributed by atoms with Gasteiger partial charge in [0, 0.05) is 35.5 Å². The fourth-order valence-corrected chi connectivity index (χ4v) is 451. The number of hydrogen-bond acceptors (Lipinski definition) is 0. The summed E-state index contributed by atoms with van der Waals surface area (Å²) in [6.07, 6.45) is 0. The molecule has 0 unspecified atom stereocenters. The van der Waals surface area contributed by atoms with Crippen molar-refractivity contribution in [3.8, 4) is 0 Å². The summed E-state index contributed by atoms with van der Waals surface area (Å²) in [6.45, 7) is 40.7. The van der Waals surface area contributed by atoms with Gasteiger partial charge in [-0.3, -0.25) is 0 Å². The van der Waals surface area contributed by atoms with E-state index in [4.69, 9.17) is 0 Å². The first kappa shape index (κ1) is 26.9. The Labute approximate surface area is 178 Å². The van der Waals surface area contributed by atoms with Crippen molar-refractivity contribution in [2.75, 3.05) is 0 Å². The van der Waals surface area contributed by atoms with Gasteiger partial charge in [-0.1, -0.05) is 111 Å². The SMILES string of the molecule is C[Si](C)(C)[Si](F)([Si](C)(C)C)[Si]1(C)[Si](C)(C)[Si](C)(C)[Si](C)(C)[Si](C)(C)[Si]1(C)C. The maximum absolute atomic E-state index is 18.5. The highest BCUT2D eigenvalue weighted by atomic mass is 30.4. The van der Waals surface area contributed by atoms with E-state index in [1.807, 2.05) is 0 Å². The molecule has 0 atom stereocenters. The van der Waals surface area contributed by atoms with E-state index < -0.39 is 64.3 Å². The number of rotatable bonds is 3. The maximum Gasteiger partial charge on any atom is 0.204 e. The Hall–Kier alpha value is 1.88. The minimum absolute atomic E-state index is 1.28. The van der Waals surface area contributed by atoms with Gasteiger partial charge in [-0.05, 0) is 0 Å². The summed E-state index contributed by atoms with van der Waals surface area (Å²) in [4.78, 5) is 0. The van der Waals surface area contributed by atoms with E-state index in [0.29, 0.717) is 0 Å². The van der Waals surface area contributed by atoms with Gasteiger partial charge in [-0.2, -0.15) is 0 Å². The molecule has 10 heteroatoms. The second kappa shape index (κ2) is 6.45. The average molecular weight is 527 g/mol. The molecule has 1 saturated heterocycles. The first-order valence-corrected chi connectivity index (χ1v) is 46.3. The zero-order chi connectivity index (χ0) is 22.5. The Bertz CT molecular complexity index is 565. The lowest BCUT2D eigenvalue weighted by Gasteiger charge is -2.77. The van der Waals surface area contributed by atoms with Crippen LogP contribution in [0.3, 0.4) is 0 Å². The minimum Gasteiger partial charge on any atom is -0.326 e. The Morgan fingerprint density at radius 1 is 0.407 bits per heavy atom. The van der Waals surface area contributed by atoms with E-state index in [1.54, 1.807) is 0 Å². The molecular formula is C17H51FSi9. The Balaban J connectivity index is 4.26. The molecule has 0 N–H and O–H groups in total. The topological polar surface area (TPSA) is 0 Å². The van der Waals surface area contributed by atoms with Crippen LogP contribution in [0.25, 0.3) is 0 Å². The van der Waals surface area contributed by atoms with Crippen LogP contribution < -0.4 is 0 Å². The summed E-state index contributed by atoms with van der Waals surface area (Å²) < 4.78 is 18.5. The van der Waals surface area contributed by atoms with Crippen LogP contribution in [0.1, 0.15) is 0 Å². The fraction of sp³-hybridized carbons (Fsp3) is 1.00. The molecule has 27 heavy (non-hydrogen) atoms. The molecule has 0 amide bonds. The van der Waals surface area contributed by atoms with E-state index in [2.05, 4.69) is 111 Å². The molecule has 0 saturated carbocycles. The Morgan fingerprint density at radius 3 is 0.778 bits per heavy atom. The van der Waals surface area contributed by atoms with Gasteiger partial charge in [-0.25, -0.2) is 0 Å². The standard InChI is InChI=1S/C17H51FSi9/c1-19(2,3)27(18,20(4,5)6)26(17)24(13,14)22(9,10)21(7,8)23(11,12)25(26,15)16/h1-17H3. The zero-order valence-electron chi connectivity index (χ0n) is 21.9. The van der Waals surface area contributed by atoms with Crippen LogP contribution in [0.15, 0.2) is 0 Å². The molecule has 0 aromatic rings. The third-order valence-corrected chi connectivity index (χ3v) is 249. The number of halogens is 1. The summed E-state index contributed by atoms with van der Waals surface area (Å²) in [5.74, 6) is 0. The highest BCUT2D eigenvalue weighted by molar-refractivity contribution is 8.25. The molecular weight excluding hydrogens is 476 g/mol. The van der Waals surface area contributed by atoms with Gasteiger partial charge in [-0.15, -0.1) is 0 Å². The quantitative estimate of drug-likeness (QED) is 0.276. The highest BCUT2D eigenvalue weighted by Gasteiger charge is 2.85. The van der Waals surface area contributed by atoms with E-state index in [1.165, 1.54) is 0 Å². The van der Waals surface area contributed by atoms with Crippen molar-refractivity contribution in [3.63, 3.8) is 0 Å². The van der Waals surface area contributed by atoms with Crippen LogP contribution >= 0.6 is 0 Å². The lowest BCUT2D eigenvalue weighted by Crippen LogP contribution is -3.08. The summed E-state index contributed by atoms with van der Waals surface area (Å²) in [5, 5.41) is 0. The maximum atomic E-state index is 18.5.